The summed E-state index contributed by atoms with van der Waals surface area (Å²) in [6.07, 6.45) is 1.04. The first-order chi connectivity index (χ1) is 9.10. The highest BCUT2D eigenvalue weighted by molar-refractivity contribution is 5.69. The molecule has 0 aliphatic rings. The number of carboxylic acids is 1. The van der Waals surface area contributed by atoms with Crippen molar-refractivity contribution in [2.24, 2.45) is 0 Å². The standard InChI is InChI=1S/C16H18O3/c1-3-11(2)12-4-6-13(7-5-12)15-9-8-14(19-15)10-16(17)18/h4-9,11H,3,10H2,1-2H3,(H,17,18). The Bertz CT molecular complexity index is 552. The smallest absolute Gasteiger partial charge is 0.311 e. The molecule has 0 aliphatic carbocycles. The summed E-state index contributed by atoms with van der Waals surface area (Å²) in [5, 5.41) is 8.71. The van der Waals surface area contributed by atoms with Gasteiger partial charge in [-0.1, -0.05) is 38.1 Å². The molecular weight excluding hydrogens is 240 g/mol. The quantitative estimate of drug-likeness (QED) is 0.878. The zero-order chi connectivity index (χ0) is 13.8. The molecule has 0 aliphatic heterocycles. The summed E-state index contributed by atoms with van der Waals surface area (Å²) < 4.78 is 5.53. The molecule has 0 bridgehead atoms. The number of hydrogen-bond acceptors (Lipinski definition) is 2. The molecule has 0 amide bonds. The maximum absolute atomic E-state index is 10.6. The van der Waals surface area contributed by atoms with Crippen molar-refractivity contribution in [2.45, 2.75) is 32.6 Å². The summed E-state index contributed by atoms with van der Waals surface area (Å²) in [5.74, 6) is 0.863. The average Bonchev–Trinajstić information content (AvgIpc) is 2.85. The monoisotopic (exact) mass is 258 g/mol. The van der Waals surface area contributed by atoms with Crippen LogP contribution >= 0.6 is 0 Å². The Morgan fingerprint density at radius 2 is 1.89 bits per heavy atom. The summed E-state index contributed by atoms with van der Waals surface area (Å²) in [4.78, 5) is 10.6. The van der Waals surface area contributed by atoms with Crippen LogP contribution in [0.1, 0.15) is 37.5 Å². The zero-order valence-electron chi connectivity index (χ0n) is 11.2. The molecule has 100 valence electrons. The van der Waals surface area contributed by atoms with Crippen LogP contribution in [0.4, 0.5) is 0 Å². The van der Waals surface area contributed by atoms with Gasteiger partial charge < -0.3 is 9.52 Å². The summed E-state index contributed by atoms with van der Waals surface area (Å²) >= 11 is 0. The molecule has 2 rings (SSSR count). The fourth-order valence-corrected chi connectivity index (χ4v) is 1.99. The number of hydrogen-bond donors (Lipinski definition) is 1. The Balaban J connectivity index is 2.18. The number of furan rings is 1. The third-order valence-electron chi connectivity index (χ3n) is 3.36. The normalized spacial score (nSPS) is 12.3. The number of carboxylic acid groups (broad SMARTS) is 1. The lowest BCUT2D eigenvalue weighted by Gasteiger charge is -2.08. The second-order valence-corrected chi connectivity index (χ2v) is 4.77. The number of carbonyl (C=O) groups is 1. The highest BCUT2D eigenvalue weighted by Gasteiger charge is 2.09. The lowest BCUT2D eigenvalue weighted by Crippen LogP contribution is -1.97. The van der Waals surface area contributed by atoms with Gasteiger partial charge >= 0.3 is 5.97 Å². The van der Waals surface area contributed by atoms with Crippen LogP contribution in [0.2, 0.25) is 0 Å². The third-order valence-corrected chi connectivity index (χ3v) is 3.36. The zero-order valence-corrected chi connectivity index (χ0v) is 11.2. The number of aliphatic carboxylic acids is 1. The van der Waals surface area contributed by atoms with Gasteiger partial charge in [0.2, 0.25) is 0 Å². The van der Waals surface area contributed by atoms with E-state index in [4.69, 9.17) is 9.52 Å². The van der Waals surface area contributed by atoms with E-state index < -0.39 is 5.97 Å². The van der Waals surface area contributed by atoms with E-state index in [1.165, 1.54) is 5.56 Å². The first-order valence-corrected chi connectivity index (χ1v) is 6.51. The van der Waals surface area contributed by atoms with Gasteiger partial charge in [-0.3, -0.25) is 4.79 Å². The van der Waals surface area contributed by atoms with E-state index in [0.29, 0.717) is 17.4 Å². The van der Waals surface area contributed by atoms with Gasteiger partial charge in [-0.25, -0.2) is 0 Å². The van der Waals surface area contributed by atoms with Crippen LogP contribution in [0.25, 0.3) is 11.3 Å². The van der Waals surface area contributed by atoms with Crippen molar-refractivity contribution in [2.75, 3.05) is 0 Å². The summed E-state index contributed by atoms with van der Waals surface area (Å²) in [7, 11) is 0. The Kier molecular flexibility index (Phi) is 4.05. The molecule has 3 heteroatoms. The van der Waals surface area contributed by atoms with Crippen LogP contribution in [-0.4, -0.2) is 11.1 Å². The lowest BCUT2D eigenvalue weighted by atomic mass is 9.97. The van der Waals surface area contributed by atoms with Gasteiger partial charge in [-0.2, -0.15) is 0 Å². The average molecular weight is 258 g/mol. The minimum absolute atomic E-state index is 0.0784. The second kappa shape index (κ2) is 5.74. The fourth-order valence-electron chi connectivity index (χ4n) is 1.99. The van der Waals surface area contributed by atoms with Crippen molar-refractivity contribution in [3.8, 4) is 11.3 Å². The van der Waals surface area contributed by atoms with Gasteiger partial charge in [0.15, 0.2) is 0 Å². The van der Waals surface area contributed by atoms with Gasteiger partial charge in [-0.15, -0.1) is 0 Å². The Morgan fingerprint density at radius 1 is 1.21 bits per heavy atom. The van der Waals surface area contributed by atoms with Crippen molar-refractivity contribution in [3.05, 3.63) is 47.7 Å². The van der Waals surface area contributed by atoms with E-state index in [2.05, 4.69) is 26.0 Å². The van der Waals surface area contributed by atoms with Crippen LogP contribution in [0.15, 0.2) is 40.8 Å². The van der Waals surface area contributed by atoms with Crippen molar-refractivity contribution in [1.29, 1.82) is 0 Å². The van der Waals surface area contributed by atoms with Crippen LogP contribution in [0, 0.1) is 0 Å². The van der Waals surface area contributed by atoms with Gasteiger partial charge in [0, 0.05) is 5.56 Å². The van der Waals surface area contributed by atoms with E-state index in [9.17, 15) is 4.79 Å². The molecule has 0 fully saturated rings. The number of rotatable bonds is 5. The van der Waals surface area contributed by atoms with Crippen molar-refractivity contribution in [1.82, 2.24) is 0 Å². The molecule has 0 saturated carbocycles. The van der Waals surface area contributed by atoms with Gasteiger partial charge in [-0.05, 0) is 30.0 Å². The van der Waals surface area contributed by atoms with E-state index in [1.807, 2.05) is 18.2 Å². The molecule has 0 spiro atoms. The molecule has 1 unspecified atom stereocenters. The molecule has 1 heterocycles. The van der Waals surface area contributed by atoms with Crippen LogP contribution in [0.5, 0.6) is 0 Å². The highest BCUT2D eigenvalue weighted by Crippen LogP contribution is 2.25. The number of benzene rings is 1. The maximum atomic E-state index is 10.6. The fraction of sp³-hybridized carbons (Fsp3) is 0.312. The highest BCUT2D eigenvalue weighted by atomic mass is 16.4. The van der Waals surface area contributed by atoms with Crippen LogP contribution < -0.4 is 0 Å². The Morgan fingerprint density at radius 3 is 2.47 bits per heavy atom. The Labute approximate surface area is 112 Å². The molecule has 0 saturated heterocycles. The molecule has 1 aromatic heterocycles. The van der Waals surface area contributed by atoms with E-state index in [0.717, 1.165) is 12.0 Å². The molecule has 1 aromatic carbocycles. The minimum atomic E-state index is -0.881. The molecule has 3 nitrogen and oxygen atoms in total. The lowest BCUT2D eigenvalue weighted by molar-refractivity contribution is -0.136. The molecule has 1 atom stereocenters. The van der Waals surface area contributed by atoms with Gasteiger partial charge in [0.05, 0.1) is 0 Å². The third kappa shape index (κ3) is 3.25. The van der Waals surface area contributed by atoms with Crippen molar-refractivity contribution in [3.63, 3.8) is 0 Å². The van der Waals surface area contributed by atoms with Crippen molar-refractivity contribution < 1.29 is 14.3 Å². The van der Waals surface area contributed by atoms with Gasteiger partial charge in [0.1, 0.15) is 17.9 Å². The first-order valence-electron chi connectivity index (χ1n) is 6.51. The van der Waals surface area contributed by atoms with E-state index in [1.54, 1.807) is 6.07 Å². The SMILES string of the molecule is CCC(C)c1ccc(-c2ccc(CC(=O)O)o2)cc1. The van der Waals surface area contributed by atoms with Gasteiger partial charge in [0.25, 0.3) is 0 Å². The predicted molar refractivity (Wildman–Crippen MR) is 74.2 cm³/mol. The molecule has 19 heavy (non-hydrogen) atoms. The van der Waals surface area contributed by atoms with Crippen molar-refractivity contribution >= 4 is 5.97 Å². The largest absolute Gasteiger partial charge is 0.481 e. The predicted octanol–water partition coefficient (Wildman–Crippen LogP) is 4.09. The van der Waals surface area contributed by atoms with Crippen LogP contribution in [0.3, 0.4) is 0 Å². The van der Waals surface area contributed by atoms with E-state index in [-0.39, 0.29) is 6.42 Å². The Hall–Kier alpha value is -2.03. The molecule has 1 N–H and O–H groups in total. The van der Waals surface area contributed by atoms with Crippen LogP contribution in [-0.2, 0) is 11.2 Å². The van der Waals surface area contributed by atoms with E-state index >= 15 is 0 Å². The maximum Gasteiger partial charge on any atom is 0.311 e. The first kappa shape index (κ1) is 13.4. The molecule has 0 radical (unpaired) electrons. The molecule has 2 aromatic rings. The minimum Gasteiger partial charge on any atom is -0.481 e. The summed E-state index contributed by atoms with van der Waals surface area (Å²) in [5.41, 5.74) is 2.28. The summed E-state index contributed by atoms with van der Waals surface area (Å²) in [6, 6.07) is 11.8. The second-order valence-electron chi connectivity index (χ2n) is 4.77. The molecular formula is C16H18O3. The topological polar surface area (TPSA) is 50.4 Å². The summed E-state index contributed by atoms with van der Waals surface area (Å²) in [6.45, 7) is 4.37.